The standard InChI is InChI=1S/C34H25N3.S6/c1-3-9-25(10-4-1)27-17-21-29(22-18-27)31-13-7-15-33(35-31)37-34-16-8-14-32(36-34)30-23-19-28(20-24-30)26-11-5-2-6-12-26;1-3-5-6-4-2/h1-24H,(H,35,36,37);. The van der Waals surface area contributed by atoms with E-state index in [9.17, 15) is 0 Å². The monoisotopic (exact) mass is 667 g/mol. The maximum atomic E-state index is 4.84. The second-order valence-corrected chi connectivity index (χ2v) is 16.2. The van der Waals surface area contributed by atoms with Crippen molar-refractivity contribution >= 4 is 69.5 Å². The SMILES string of the molecule is S=S=S=S=S=S.c1ccc(-c2ccc(-c3cccc(Nc4cccc(-c5ccc(-c6ccccc6)cc5)n4)n3)cc2)cc1. The van der Waals surface area contributed by atoms with Gasteiger partial charge in [-0.3, -0.25) is 0 Å². The Morgan fingerprint density at radius 1 is 0.372 bits per heavy atom. The lowest BCUT2D eigenvalue weighted by Crippen LogP contribution is -1.98. The fourth-order valence-corrected chi connectivity index (χ4v) is 9.90. The topological polar surface area (TPSA) is 37.8 Å². The van der Waals surface area contributed by atoms with Crippen LogP contribution < -0.4 is 5.32 Å². The van der Waals surface area contributed by atoms with E-state index in [0.717, 1.165) is 34.2 Å². The molecule has 0 bridgehead atoms. The first kappa shape index (κ1) is 30.7. The summed E-state index contributed by atoms with van der Waals surface area (Å²) < 4.78 is 0. The van der Waals surface area contributed by atoms with Gasteiger partial charge in [0.1, 0.15) is 11.6 Å². The van der Waals surface area contributed by atoms with E-state index in [2.05, 4.69) is 125 Å². The van der Waals surface area contributed by atoms with Gasteiger partial charge in [0.15, 0.2) is 0 Å². The molecule has 3 nitrogen and oxygen atoms in total. The van der Waals surface area contributed by atoms with Crippen molar-refractivity contribution in [2.75, 3.05) is 5.32 Å². The number of nitrogens with zero attached hydrogens (tertiary/aromatic N) is 2. The summed E-state index contributed by atoms with van der Waals surface area (Å²) in [4.78, 5) is 9.67. The van der Waals surface area contributed by atoms with Crippen molar-refractivity contribution in [3.63, 3.8) is 0 Å². The number of nitrogens with one attached hydrogen (secondary N) is 1. The molecule has 6 rings (SSSR count). The van der Waals surface area contributed by atoms with E-state index in [1.165, 1.54) is 57.8 Å². The number of benzene rings is 4. The first-order chi connectivity index (χ1) is 21.2. The first-order valence-electron chi connectivity index (χ1n) is 13.2. The van der Waals surface area contributed by atoms with E-state index in [4.69, 9.17) is 9.97 Å². The number of pyridine rings is 2. The molecule has 0 unspecified atom stereocenters. The normalized spacial score (nSPS) is 10.0. The third kappa shape index (κ3) is 8.90. The highest BCUT2D eigenvalue weighted by molar-refractivity contribution is 8.64. The van der Waals surface area contributed by atoms with Gasteiger partial charge in [0.2, 0.25) is 0 Å². The summed E-state index contributed by atoms with van der Waals surface area (Å²) in [5, 5.41) is 3.38. The highest BCUT2D eigenvalue weighted by Gasteiger charge is 2.06. The molecular weight excluding hydrogens is 643 g/mol. The van der Waals surface area contributed by atoms with Crippen LogP contribution in [0, 0.1) is 0 Å². The van der Waals surface area contributed by atoms with Crippen LogP contribution in [0.3, 0.4) is 0 Å². The van der Waals surface area contributed by atoms with Crippen LogP contribution in [0.15, 0.2) is 146 Å². The third-order valence-corrected chi connectivity index (χ3v) is 13.1. The van der Waals surface area contributed by atoms with Crippen molar-refractivity contribution in [2.24, 2.45) is 0 Å². The summed E-state index contributed by atoms with van der Waals surface area (Å²) >= 11 is 9.03. The molecule has 0 saturated heterocycles. The number of hydrogen-bond acceptors (Lipinski definition) is 5. The molecule has 43 heavy (non-hydrogen) atoms. The van der Waals surface area contributed by atoms with Gasteiger partial charge in [0.25, 0.3) is 0 Å². The summed E-state index contributed by atoms with van der Waals surface area (Å²) in [6.07, 6.45) is 0. The minimum Gasteiger partial charge on any atom is -0.325 e. The van der Waals surface area contributed by atoms with Crippen LogP contribution in [0.4, 0.5) is 11.6 Å². The molecule has 0 amide bonds. The van der Waals surface area contributed by atoms with Crippen molar-refractivity contribution < 1.29 is 0 Å². The van der Waals surface area contributed by atoms with Crippen molar-refractivity contribution in [3.05, 3.63) is 146 Å². The summed E-state index contributed by atoms with van der Waals surface area (Å²) in [5.41, 5.74) is 8.77. The van der Waals surface area contributed by atoms with Crippen LogP contribution in [0.1, 0.15) is 0 Å². The van der Waals surface area contributed by atoms with Gasteiger partial charge in [-0.1, -0.05) is 121 Å². The minimum absolute atomic E-state index is 0.758. The van der Waals surface area contributed by atoms with Gasteiger partial charge in [0.05, 0.1) is 11.4 Å². The van der Waals surface area contributed by atoms with Crippen molar-refractivity contribution in [2.45, 2.75) is 0 Å². The molecule has 6 aromatic rings. The lowest BCUT2D eigenvalue weighted by molar-refractivity contribution is 1.25. The lowest BCUT2D eigenvalue weighted by atomic mass is 10.0. The molecule has 0 aliphatic carbocycles. The predicted octanol–water partition coefficient (Wildman–Crippen LogP) is 8.87. The quantitative estimate of drug-likeness (QED) is 0.192. The van der Waals surface area contributed by atoms with Crippen molar-refractivity contribution in [1.29, 1.82) is 0 Å². The van der Waals surface area contributed by atoms with Crippen molar-refractivity contribution in [1.82, 2.24) is 9.97 Å². The van der Waals surface area contributed by atoms with E-state index >= 15 is 0 Å². The molecule has 1 N–H and O–H groups in total. The Labute approximate surface area is 273 Å². The highest BCUT2D eigenvalue weighted by atomic mass is 33.3. The molecule has 0 spiro atoms. The van der Waals surface area contributed by atoms with Crippen LogP contribution in [-0.2, 0) is 57.9 Å². The fourth-order valence-electron chi connectivity index (χ4n) is 4.41. The molecule has 0 aliphatic rings. The molecule has 4 aromatic carbocycles. The van der Waals surface area contributed by atoms with Gasteiger partial charge in [-0.25, -0.2) is 9.97 Å². The van der Waals surface area contributed by atoms with E-state index < -0.39 is 0 Å². The summed E-state index contributed by atoms with van der Waals surface area (Å²) in [7, 11) is 5.63. The molecule has 0 atom stereocenters. The number of rotatable bonds is 6. The van der Waals surface area contributed by atoms with Gasteiger partial charge < -0.3 is 5.32 Å². The third-order valence-electron chi connectivity index (χ3n) is 6.41. The molecule has 0 radical (unpaired) electrons. The molecule has 212 valence electrons. The Morgan fingerprint density at radius 2 is 0.721 bits per heavy atom. The van der Waals surface area contributed by atoms with E-state index in [1.54, 1.807) is 0 Å². The predicted molar refractivity (Wildman–Crippen MR) is 198 cm³/mol. The Morgan fingerprint density at radius 3 is 1.09 bits per heavy atom. The number of aromatic nitrogens is 2. The zero-order valence-electron chi connectivity index (χ0n) is 22.7. The molecule has 9 heteroatoms. The molecule has 0 fully saturated rings. The van der Waals surface area contributed by atoms with Gasteiger partial charge in [-0.15, -0.1) is 0 Å². The van der Waals surface area contributed by atoms with Gasteiger partial charge in [-0.05, 0) is 46.5 Å². The van der Waals surface area contributed by atoms with Gasteiger partial charge in [-0.2, -0.15) is 0 Å². The Kier molecular flexibility index (Phi) is 11.6. The average Bonchev–Trinajstić information content (AvgIpc) is 3.09. The Balaban J connectivity index is 0.000000559. The van der Waals surface area contributed by atoms with Gasteiger partial charge in [0, 0.05) is 69.0 Å². The van der Waals surface area contributed by atoms with Crippen LogP contribution >= 0.6 is 0 Å². The summed E-state index contributed by atoms with van der Waals surface area (Å²) in [5.74, 6) is 1.52. The van der Waals surface area contributed by atoms with E-state index in [0.29, 0.717) is 0 Å². The Bertz CT molecular complexity index is 1820. The van der Waals surface area contributed by atoms with Crippen LogP contribution in [0.25, 0.3) is 44.8 Å². The largest absolute Gasteiger partial charge is 0.325 e. The van der Waals surface area contributed by atoms with E-state index in [1.807, 2.05) is 48.5 Å². The lowest BCUT2D eigenvalue weighted by Gasteiger charge is -2.10. The van der Waals surface area contributed by atoms with Crippen LogP contribution in [-0.4, -0.2) is 9.97 Å². The highest BCUT2D eigenvalue weighted by Crippen LogP contribution is 2.27. The minimum atomic E-state index is 0.758. The molecule has 0 saturated carbocycles. The molecular formula is C34H25N3S6. The average molecular weight is 668 g/mol. The zero-order valence-corrected chi connectivity index (χ0v) is 27.6. The Hall–Kier alpha value is -3.70. The van der Waals surface area contributed by atoms with Crippen molar-refractivity contribution in [3.8, 4) is 44.8 Å². The first-order valence-corrected chi connectivity index (χ1v) is 19.8. The van der Waals surface area contributed by atoms with Gasteiger partial charge >= 0.3 is 0 Å². The molecule has 2 heterocycles. The second kappa shape index (κ2) is 16.2. The maximum Gasteiger partial charge on any atom is 0.132 e. The maximum absolute atomic E-state index is 4.84. The molecule has 0 aliphatic heterocycles. The molecule has 2 aromatic heterocycles. The zero-order chi connectivity index (χ0) is 29.7. The number of hydrogen-bond donors (Lipinski definition) is 1. The smallest absolute Gasteiger partial charge is 0.132 e. The number of anilines is 2. The van der Waals surface area contributed by atoms with Crippen LogP contribution in [0.5, 0.6) is 0 Å². The van der Waals surface area contributed by atoms with E-state index in [-0.39, 0.29) is 0 Å². The summed E-state index contributed by atoms with van der Waals surface area (Å²) in [6.45, 7) is 0. The summed E-state index contributed by atoms with van der Waals surface area (Å²) in [6, 6.07) is 49.8. The second-order valence-electron chi connectivity index (χ2n) is 9.10. The van der Waals surface area contributed by atoms with Crippen LogP contribution in [0.2, 0.25) is 0 Å². The fraction of sp³-hybridized carbons (Fsp3) is 0.